The Balaban J connectivity index is 2.68. The maximum atomic E-state index is 12.1. The summed E-state index contributed by atoms with van der Waals surface area (Å²) in [5, 5.41) is 4.39. The first kappa shape index (κ1) is 14.2. The van der Waals surface area contributed by atoms with E-state index < -0.39 is 0 Å². The van der Waals surface area contributed by atoms with Crippen LogP contribution < -0.4 is 5.63 Å². The summed E-state index contributed by atoms with van der Waals surface area (Å²) in [5.41, 5.74) is 10.7. The SMILES string of the molecule is Cc1c(CC(C)(C)C)c(=O)oc2cc(N=[N+]=[N-])ccc12. The molecular formula is C15H17N3O2. The predicted molar refractivity (Wildman–Crippen MR) is 79.2 cm³/mol. The first-order chi connectivity index (χ1) is 9.31. The summed E-state index contributed by atoms with van der Waals surface area (Å²) in [4.78, 5) is 14.9. The van der Waals surface area contributed by atoms with Gasteiger partial charge in [0.05, 0.1) is 0 Å². The first-order valence-electron chi connectivity index (χ1n) is 6.43. The van der Waals surface area contributed by atoms with Gasteiger partial charge in [-0.15, -0.1) is 0 Å². The van der Waals surface area contributed by atoms with Crippen molar-refractivity contribution in [2.24, 2.45) is 10.5 Å². The second kappa shape index (κ2) is 5.02. The molecule has 2 aromatic rings. The minimum atomic E-state index is -0.317. The topological polar surface area (TPSA) is 79.0 Å². The number of hydrogen-bond donors (Lipinski definition) is 0. The lowest BCUT2D eigenvalue weighted by molar-refractivity contribution is 0.400. The highest BCUT2D eigenvalue weighted by atomic mass is 16.4. The fourth-order valence-electron chi connectivity index (χ4n) is 2.23. The van der Waals surface area contributed by atoms with E-state index in [4.69, 9.17) is 9.95 Å². The molecule has 0 spiro atoms. The molecule has 1 aromatic heterocycles. The van der Waals surface area contributed by atoms with Crippen molar-refractivity contribution >= 4 is 16.7 Å². The number of aryl methyl sites for hydroxylation is 1. The van der Waals surface area contributed by atoms with Gasteiger partial charge in [-0.25, -0.2) is 4.79 Å². The molecule has 0 aliphatic heterocycles. The van der Waals surface area contributed by atoms with E-state index >= 15 is 0 Å². The summed E-state index contributed by atoms with van der Waals surface area (Å²) in [6, 6.07) is 5.13. The number of hydrogen-bond acceptors (Lipinski definition) is 3. The lowest BCUT2D eigenvalue weighted by Gasteiger charge is -2.19. The molecule has 0 N–H and O–H groups in total. The Kier molecular flexibility index (Phi) is 3.55. The number of fused-ring (bicyclic) bond motifs is 1. The summed E-state index contributed by atoms with van der Waals surface area (Å²) in [6.45, 7) is 8.18. The molecule has 0 aliphatic rings. The average molecular weight is 271 g/mol. The van der Waals surface area contributed by atoms with Gasteiger partial charge in [-0.3, -0.25) is 0 Å². The molecule has 0 saturated carbocycles. The zero-order valence-corrected chi connectivity index (χ0v) is 12.1. The molecule has 104 valence electrons. The Hall–Kier alpha value is -2.26. The maximum Gasteiger partial charge on any atom is 0.339 e. The molecule has 0 bridgehead atoms. The summed E-state index contributed by atoms with van der Waals surface area (Å²) < 4.78 is 5.37. The summed E-state index contributed by atoms with van der Waals surface area (Å²) in [7, 11) is 0. The van der Waals surface area contributed by atoms with Crippen molar-refractivity contribution in [3.8, 4) is 0 Å². The fourth-order valence-corrected chi connectivity index (χ4v) is 2.23. The van der Waals surface area contributed by atoms with E-state index in [9.17, 15) is 4.79 Å². The third kappa shape index (κ3) is 2.83. The van der Waals surface area contributed by atoms with E-state index in [-0.39, 0.29) is 11.0 Å². The van der Waals surface area contributed by atoms with Crippen LogP contribution in [0.2, 0.25) is 0 Å². The van der Waals surface area contributed by atoms with E-state index in [1.807, 2.05) is 13.0 Å². The number of azide groups is 1. The Labute approximate surface area is 116 Å². The molecule has 5 nitrogen and oxygen atoms in total. The maximum absolute atomic E-state index is 12.1. The van der Waals surface area contributed by atoms with Crippen LogP contribution in [0.5, 0.6) is 0 Å². The van der Waals surface area contributed by atoms with Crippen molar-refractivity contribution in [1.29, 1.82) is 0 Å². The normalized spacial score (nSPS) is 11.4. The van der Waals surface area contributed by atoms with Gasteiger partial charge in [0.15, 0.2) is 0 Å². The van der Waals surface area contributed by atoms with Gasteiger partial charge >= 0.3 is 5.63 Å². The van der Waals surface area contributed by atoms with E-state index in [0.717, 1.165) is 10.9 Å². The van der Waals surface area contributed by atoms with E-state index in [2.05, 4.69) is 30.8 Å². The molecule has 2 rings (SSSR count). The van der Waals surface area contributed by atoms with Crippen molar-refractivity contribution in [3.63, 3.8) is 0 Å². The van der Waals surface area contributed by atoms with Crippen LogP contribution in [0.4, 0.5) is 5.69 Å². The van der Waals surface area contributed by atoms with Crippen LogP contribution in [0.1, 0.15) is 31.9 Å². The van der Waals surface area contributed by atoms with Gasteiger partial charge in [0.1, 0.15) is 5.58 Å². The average Bonchev–Trinajstić information content (AvgIpc) is 2.33. The van der Waals surface area contributed by atoms with Gasteiger partial charge in [0, 0.05) is 21.5 Å². The second-order valence-electron chi connectivity index (χ2n) is 6.10. The Bertz CT molecular complexity index is 763. The minimum absolute atomic E-state index is 0.0121. The van der Waals surface area contributed by atoms with Gasteiger partial charge < -0.3 is 4.42 Å². The van der Waals surface area contributed by atoms with Crippen LogP contribution in [-0.4, -0.2) is 0 Å². The number of benzene rings is 1. The van der Waals surface area contributed by atoms with E-state index in [1.54, 1.807) is 12.1 Å². The fraction of sp³-hybridized carbons (Fsp3) is 0.400. The molecule has 0 atom stereocenters. The highest BCUT2D eigenvalue weighted by Crippen LogP contribution is 2.27. The highest BCUT2D eigenvalue weighted by Gasteiger charge is 2.18. The Morgan fingerprint density at radius 1 is 1.35 bits per heavy atom. The first-order valence-corrected chi connectivity index (χ1v) is 6.43. The molecule has 0 fully saturated rings. The van der Waals surface area contributed by atoms with Crippen LogP contribution in [0.25, 0.3) is 21.4 Å². The zero-order valence-electron chi connectivity index (χ0n) is 12.1. The van der Waals surface area contributed by atoms with Crippen molar-refractivity contribution in [1.82, 2.24) is 0 Å². The molecule has 20 heavy (non-hydrogen) atoms. The number of nitrogens with zero attached hydrogens (tertiary/aromatic N) is 3. The van der Waals surface area contributed by atoms with E-state index in [1.165, 1.54) is 0 Å². The van der Waals surface area contributed by atoms with Crippen molar-refractivity contribution in [3.05, 3.63) is 50.2 Å². The predicted octanol–water partition coefficient (Wildman–Crippen LogP) is 4.63. The van der Waals surface area contributed by atoms with E-state index in [0.29, 0.717) is 23.3 Å². The summed E-state index contributed by atoms with van der Waals surface area (Å²) >= 11 is 0. The minimum Gasteiger partial charge on any atom is -0.422 e. The third-order valence-corrected chi connectivity index (χ3v) is 3.14. The van der Waals surface area contributed by atoms with Gasteiger partial charge in [-0.1, -0.05) is 38.0 Å². The molecule has 0 saturated heterocycles. The molecule has 5 heteroatoms. The van der Waals surface area contributed by atoms with Crippen LogP contribution >= 0.6 is 0 Å². The molecule has 0 aliphatic carbocycles. The highest BCUT2D eigenvalue weighted by molar-refractivity contribution is 5.83. The van der Waals surface area contributed by atoms with Crippen LogP contribution in [0.15, 0.2) is 32.5 Å². The van der Waals surface area contributed by atoms with Gasteiger partial charge in [-0.2, -0.15) is 0 Å². The molecule has 1 heterocycles. The molecule has 0 amide bonds. The Morgan fingerprint density at radius 2 is 2.05 bits per heavy atom. The standard InChI is InChI=1S/C15H17N3O2/c1-9-11-6-5-10(17-18-16)7-13(11)20-14(19)12(9)8-15(2,3)4/h5-7H,8H2,1-4H3. The Morgan fingerprint density at radius 3 is 2.65 bits per heavy atom. The van der Waals surface area contributed by atoms with Crippen molar-refractivity contribution in [2.45, 2.75) is 34.1 Å². The summed E-state index contributed by atoms with van der Waals surface area (Å²) in [6.07, 6.45) is 0.662. The second-order valence-corrected chi connectivity index (χ2v) is 6.10. The quantitative estimate of drug-likeness (QED) is 0.345. The van der Waals surface area contributed by atoms with Crippen LogP contribution in [-0.2, 0) is 6.42 Å². The number of rotatable bonds is 2. The van der Waals surface area contributed by atoms with Crippen molar-refractivity contribution < 1.29 is 4.42 Å². The largest absolute Gasteiger partial charge is 0.422 e. The lowest BCUT2D eigenvalue weighted by Crippen LogP contribution is -2.18. The smallest absolute Gasteiger partial charge is 0.339 e. The van der Waals surface area contributed by atoms with Crippen LogP contribution in [0, 0.1) is 12.3 Å². The zero-order chi connectivity index (χ0) is 14.9. The molecular weight excluding hydrogens is 254 g/mol. The van der Waals surface area contributed by atoms with Gasteiger partial charge in [0.2, 0.25) is 0 Å². The molecule has 0 radical (unpaired) electrons. The van der Waals surface area contributed by atoms with Crippen LogP contribution in [0.3, 0.4) is 0 Å². The monoisotopic (exact) mass is 271 g/mol. The summed E-state index contributed by atoms with van der Waals surface area (Å²) in [5.74, 6) is 0. The molecule has 1 aromatic carbocycles. The third-order valence-electron chi connectivity index (χ3n) is 3.14. The lowest BCUT2D eigenvalue weighted by atomic mass is 9.86. The van der Waals surface area contributed by atoms with Gasteiger partial charge in [-0.05, 0) is 35.9 Å². The van der Waals surface area contributed by atoms with Gasteiger partial charge in [0.25, 0.3) is 0 Å². The van der Waals surface area contributed by atoms with Crippen molar-refractivity contribution in [2.75, 3.05) is 0 Å². The molecule has 0 unspecified atom stereocenters.